The third-order valence-electron chi connectivity index (χ3n) is 8.87. The van der Waals surface area contributed by atoms with Gasteiger partial charge in [-0.05, 0) is 75.9 Å². The number of benzene rings is 2. The van der Waals surface area contributed by atoms with Crippen molar-refractivity contribution in [3.8, 4) is 0 Å². The molecular formula is C34H46FN7. The summed E-state index contributed by atoms with van der Waals surface area (Å²) in [4.78, 5) is 16.6. The van der Waals surface area contributed by atoms with E-state index in [1.54, 1.807) is 6.20 Å². The molecule has 0 atom stereocenters. The second kappa shape index (κ2) is 13.2. The minimum absolute atomic E-state index is 0.145. The van der Waals surface area contributed by atoms with Crippen LogP contribution in [0.3, 0.4) is 0 Å². The summed E-state index contributed by atoms with van der Waals surface area (Å²) in [7, 11) is 2.19. The van der Waals surface area contributed by atoms with E-state index in [0.29, 0.717) is 41.2 Å². The molecule has 2 aliphatic heterocycles. The smallest absolute Gasteiger partial charge is 0.229 e. The van der Waals surface area contributed by atoms with E-state index in [9.17, 15) is 0 Å². The number of halogens is 1. The third kappa shape index (κ3) is 6.45. The van der Waals surface area contributed by atoms with Gasteiger partial charge in [-0.25, -0.2) is 9.37 Å². The molecule has 2 aromatic carbocycles. The first-order chi connectivity index (χ1) is 20.3. The fraction of sp³-hybridized carbons (Fsp3) is 0.471. The Labute approximate surface area is 250 Å². The molecule has 0 bridgehead atoms. The highest BCUT2D eigenvalue weighted by Gasteiger charge is 2.28. The van der Waals surface area contributed by atoms with Crippen molar-refractivity contribution in [1.82, 2.24) is 19.8 Å². The van der Waals surface area contributed by atoms with Crippen LogP contribution in [0.1, 0.15) is 55.9 Å². The predicted molar refractivity (Wildman–Crippen MR) is 174 cm³/mol. The van der Waals surface area contributed by atoms with Crippen LogP contribution in [-0.2, 0) is 12.8 Å². The molecule has 2 N–H and O–H groups in total. The first kappa shape index (κ1) is 30.0. The summed E-state index contributed by atoms with van der Waals surface area (Å²) in [5.74, 6) is 0.997. The second-order valence-electron chi connectivity index (χ2n) is 11.8. The Balaban J connectivity index is 1.31. The standard InChI is InChI=1S/C34H46FN7/c1-7-25-10-9-11-29(31(25)23(3)4)37-33-24(5)22-36-34(39-33)38-28-12-13-30(32(35)27(28)8-2)42-16-14-26(15-17-42)41-20-18-40(6)19-21-41/h9-13,22,26H,3,7-8,14-21H2,1-2,4-6H3,(H2,36,37,38,39). The number of aryl methyl sites for hydroxylation is 2. The molecule has 2 saturated heterocycles. The molecule has 0 spiro atoms. The summed E-state index contributed by atoms with van der Waals surface area (Å²) in [5, 5.41) is 6.82. The van der Waals surface area contributed by atoms with Gasteiger partial charge in [-0.15, -0.1) is 0 Å². The average molecular weight is 572 g/mol. The zero-order chi connectivity index (χ0) is 29.8. The van der Waals surface area contributed by atoms with Crippen LogP contribution in [0, 0.1) is 12.7 Å². The molecule has 3 heterocycles. The van der Waals surface area contributed by atoms with E-state index in [-0.39, 0.29) is 5.82 Å². The maximum Gasteiger partial charge on any atom is 0.229 e. The molecule has 0 amide bonds. The maximum absolute atomic E-state index is 16.0. The van der Waals surface area contributed by atoms with Gasteiger partial charge in [0.15, 0.2) is 5.82 Å². The monoisotopic (exact) mass is 571 g/mol. The van der Waals surface area contributed by atoms with Crippen LogP contribution < -0.4 is 15.5 Å². The lowest BCUT2D eigenvalue weighted by molar-refractivity contribution is 0.0981. The van der Waals surface area contributed by atoms with Gasteiger partial charge in [-0.2, -0.15) is 4.98 Å². The Bertz CT molecular complexity index is 1410. The number of piperazine rings is 1. The van der Waals surface area contributed by atoms with Crippen LogP contribution in [-0.4, -0.2) is 72.1 Å². The van der Waals surface area contributed by atoms with Crippen molar-refractivity contribution in [1.29, 1.82) is 0 Å². The van der Waals surface area contributed by atoms with Gasteiger partial charge in [0.05, 0.1) is 5.69 Å². The van der Waals surface area contributed by atoms with Crippen LogP contribution in [0.2, 0.25) is 0 Å². The Hall–Kier alpha value is -3.49. The average Bonchev–Trinajstić information content (AvgIpc) is 2.99. The topological polar surface area (TPSA) is 59.6 Å². The van der Waals surface area contributed by atoms with Crippen molar-refractivity contribution < 1.29 is 4.39 Å². The lowest BCUT2D eigenvalue weighted by Crippen LogP contribution is -2.52. The summed E-state index contributed by atoms with van der Waals surface area (Å²) >= 11 is 0. The van der Waals surface area contributed by atoms with E-state index >= 15 is 4.39 Å². The summed E-state index contributed by atoms with van der Waals surface area (Å²) in [6.45, 7) is 18.6. The molecule has 0 aliphatic carbocycles. The van der Waals surface area contributed by atoms with E-state index in [1.807, 2.05) is 32.9 Å². The molecule has 5 rings (SSSR count). The second-order valence-corrected chi connectivity index (χ2v) is 11.8. The number of allylic oxidation sites excluding steroid dienone is 1. The van der Waals surface area contributed by atoms with Crippen molar-refractivity contribution in [3.63, 3.8) is 0 Å². The highest BCUT2D eigenvalue weighted by atomic mass is 19.1. The number of hydrogen-bond donors (Lipinski definition) is 2. The van der Waals surface area contributed by atoms with E-state index < -0.39 is 0 Å². The van der Waals surface area contributed by atoms with Gasteiger partial charge in [0, 0.05) is 79.6 Å². The van der Waals surface area contributed by atoms with Crippen LogP contribution in [0.15, 0.2) is 43.1 Å². The quantitative estimate of drug-likeness (QED) is 0.293. The maximum atomic E-state index is 16.0. The molecule has 0 saturated carbocycles. The molecule has 0 radical (unpaired) electrons. The first-order valence-electron chi connectivity index (χ1n) is 15.4. The number of piperidine rings is 1. The number of nitrogens with zero attached hydrogens (tertiary/aromatic N) is 5. The molecule has 2 fully saturated rings. The molecule has 2 aliphatic rings. The normalized spacial score (nSPS) is 17.0. The van der Waals surface area contributed by atoms with Crippen LogP contribution in [0.5, 0.6) is 0 Å². The largest absolute Gasteiger partial charge is 0.369 e. The van der Waals surface area contributed by atoms with Crippen molar-refractivity contribution in [2.24, 2.45) is 0 Å². The van der Waals surface area contributed by atoms with Crippen LogP contribution in [0.25, 0.3) is 5.57 Å². The van der Waals surface area contributed by atoms with Crippen LogP contribution >= 0.6 is 0 Å². The Morgan fingerprint density at radius 1 is 0.976 bits per heavy atom. The Morgan fingerprint density at radius 3 is 2.38 bits per heavy atom. The SMILES string of the molecule is C=C(C)c1c(CC)cccc1Nc1nc(Nc2ccc(N3CCC(N4CCN(C)CC4)CC3)c(F)c2CC)ncc1C. The van der Waals surface area contributed by atoms with Crippen molar-refractivity contribution in [2.75, 3.05) is 61.8 Å². The highest BCUT2D eigenvalue weighted by molar-refractivity contribution is 5.79. The first-order valence-corrected chi connectivity index (χ1v) is 15.4. The Morgan fingerprint density at radius 2 is 1.71 bits per heavy atom. The number of rotatable bonds is 9. The molecule has 3 aromatic rings. The van der Waals surface area contributed by atoms with Gasteiger partial charge in [-0.3, -0.25) is 4.90 Å². The van der Waals surface area contributed by atoms with Gasteiger partial charge in [-0.1, -0.05) is 32.6 Å². The van der Waals surface area contributed by atoms with E-state index in [0.717, 1.165) is 80.9 Å². The minimum Gasteiger partial charge on any atom is -0.369 e. The summed E-state index contributed by atoms with van der Waals surface area (Å²) in [5.41, 5.74) is 7.32. The number of likely N-dealkylation sites (N-methyl/N-ethyl adjacent to an activating group) is 1. The zero-order valence-corrected chi connectivity index (χ0v) is 25.9. The van der Waals surface area contributed by atoms with Crippen molar-refractivity contribution >= 4 is 34.4 Å². The van der Waals surface area contributed by atoms with Gasteiger partial charge in [0.25, 0.3) is 0 Å². The van der Waals surface area contributed by atoms with Gasteiger partial charge in [0.2, 0.25) is 5.95 Å². The molecular weight excluding hydrogens is 525 g/mol. The molecule has 7 nitrogen and oxygen atoms in total. The Kier molecular flexibility index (Phi) is 9.43. The molecule has 0 unspecified atom stereocenters. The molecule has 8 heteroatoms. The van der Waals surface area contributed by atoms with Crippen molar-refractivity contribution in [2.45, 2.75) is 59.4 Å². The number of anilines is 5. The number of aromatic nitrogens is 2. The molecule has 1 aromatic heterocycles. The molecule has 42 heavy (non-hydrogen) atoms. The fourth-order valence-corrected chi connectivity index (χ4v) is 6.35. The number of nitrogens with one attached hydrogen (secondary N) is 2. The molecule has 224 valence electrons. The lowest BCUT2D eigenvalue weighted by atomic mass is 9.98. The third-order valence-corrected chi connectivity index (χ3v) is 8.87. The number of hydrogen-bond acceptors (Lipinski definition) is 7. The van der Waals surface area contributed by atoms with E-state index in [4.69, 9.17) is 4.98 Å². The minimum atomic E-state index is -0.145. The van der Waals surface area contributed by atoms with E-state index in [2.05, 4.69) is 69.1 Å². The summed E-state index contributed by atoms with van der Waals surface area (Å²) < 4.78 is 16.0. The van der Waals surface area contributed by atoms with Gasteiger partial charge in [0.1, 0.15) is 5.82 Å². The summed E-state index contributed by atoms with van der Waals surface area (Å²) in [6.07, 6.45) is 5.44. The van der Waals surface area contributed by atoms with E-state index in [1.165, 1.54) is 5.56 Å². The highest BCUT2D eigenvalue weighted by Crippen LogP contribution is 2.34. The van der Waals surface area contributed by atoms with Crippen molar-refractivity contribution in [3.05, 3.63) is 71.2 Å². The summed E-state index contributed by atoms with van der Waals surface area (Å²) in [6, 6.07) is 10.7. The zero-order valence-electron chi connectivity index (χ0n) is 25.9. The van der Waals surface area contributed by atoms with Gasteiger partial charge >= 0.3 is 0 Å². The predicted octanol–water partition coefficient (Wildman–Crippen LogP) is 6.79. The fourth-order valence-electron chi connectivity index (χ4n) is 6.35. The lowest BCUT2D eigenvalue weighted by Gasteiger charge is -2.42. The van der Waals surface area contributed by atoms with Crippen LogP contribution in [0.4, 0.5) is 33.2 Å². The van der Waals surface area contributed by atoms with Gasteiger partial charge < -0.3 is 20.4 Å².